The molecule has 7 nitrogen and oxygen atoms in total. The fourth-order valence-electron chi connectivity index (χ4n) is 3.14. The van der Waals surface area contributed by atoms with Gasteiger partial charge in [0.1, 0.15) is 12.6 Å². The van der Waals surface area contributed by atoms with Gasteiger partial charge < -0.3 is 10.2 Å². The Morgan fingerprint density at radius 3 is 2.30 bits per heavy atom. The first kappa shape index (κ1) is 20.4. The molecule has 2 rings (SSSR count). The van der Waals surface area contributed by atoms with Crippen LogP contribution in [0.1, 0.15) is 38.3 Å². The minimum Gasteiger partial charge on any atom is -0.325 e. The number of nitriles is 1. The highest BCUT2D eigenvalue weighted by Crippen LogP contribution is 2.25. The van der Waals surface area contributed by atoms with E-state index in [1.807, 2.05) is 58.9 Å². The summed E-state index contributed by atoms with van der Waals surface area (Å²) in [5, 5.41) is 11.6. The van der Waals surface area contributed by atoms with Gasteiger partial charge in [0.25, 0.3) is 5.91 Å². The van der Waals surface area contributed by atoms with Gasteiger partial charge >= 0.3 is 6.03 Å². The maximum absolute atomic E-state index is 12.9. The molecule has 1 aliphatic rings. The molecular weight excluding hydrogens is 344 g/mol. The highest BCUT2D eigenvalue weighted by Gasteiger charge is 2.45. The highest BCUT2D eigenvalue weighted by atomic mass is 16.2. The summed E-state index contributed by atoms with van der Waals surface area (Å²) in [6.45, 7) is 9.27. The number of rotatable bonds is 5. The Morgan fingerprint density at radius 1 is 1.22 bits per heavy atom. The van der Waals surface area contributed by atoms with Gasteiger partial charge in [-0.3, -0.25) is 14.5 Å². The molecule has 0 saturated carbocycles. The molecule has 1 aromatic carbocycles. The molecule has 1 heterocycles. The molecule has 144 valence electrons. The molecule has 0 bridgehead atoms. The number of amides is 4. The zero-order valence-corrected chi connectivity index (χ0v) is 16.5. The third-order valence-electron chi connectivity index (χ3n) is 4.45. The van der Waals surface area contributed by atoms with E-state index in [0.717, 1.165) is 16.0 Å². The molecule has 0 aliphatic carbocycles. The number of urea groups is 1. The predicted molar refractivity (Wildman–Crippen MR) is 102 cm³/mol. The fourth-order valence-corrected chi connectivity index (χ4v) is 3.14. The lowest BCUT2D eigenvalue weighted by Gasteiger charge is -2.26. The van der Waals surface area contributed by atoms with Gasteiger partial charge in [-0.05, 0) is 42.5 Å². The van der Waals surface area contributed by atoms with E-state index in [9.17, 15) is 14.4 Å². The lowest BCUT2D eigenvalue weighted by molar-refractivity contribution is -0.132. The first-order chi connectivity index (χ1) is 12.5. The minimum absolute atomic E-state index is 0.156. The molecule has 1 saturated heterocycles. The molecule has 7 heteroatoms. The van der Waals surface area contributed by atoms with Crippen molar-refractivity contribution in [2.75, 3.05) is 18.0 Å². The first-order valence-electron chi connectivity index (χ1n) is 8.92. The maximum atomic E-state index is 12.9. The average molecular weight is 370 g/mol. The molecular formula is C20H26N4O3. The van der Waals surface area contributed by atoms with E-state index >= 15 is 0 Å². The van der Waals surface area contributed by atoms with Crippen LogP contribution in [0.2, 0.25) is 0 Å². The SMILES string of the molecule is Cc1cc(C)cc(N(CCC#N)C(=O)CN2C(=O)N[C@@H](C(C)(C)C)C2=O)c1. The summed E-state index contributed by atoms with van der Waals surface area (Å²) in [6.07, 6.45) is 0.156. The molecule has 0 spiro atoms. The molecule has 1 atom stereocenters. The number of hydrogen-bond donors (Lipinski definition) is 1. The first-order valence-corrected chi connectivity index (χ1v) is 8.92. The van der Waals surface area contributed by atoms with E-state index in [1.165, 1.54) is 4.90 Å². The molecule has 1 aromatic rings. The monoisotopic (exact) mass is 370 g/mol. The van der Waals surface area contributed by atoms with Crippen LogP contribution in [0.3, 0.4) is 0 Å². The van der Waals surface area contributed by atoms with Crippen molar-refractivity contribution in [2.45, 2.75) is 47.1 Å². The van der Waals surface area contributed by atoms with Crippen LogP contribution in [0.15, 0.2) is 18.2 Å². The zero-order valence-electron chi connectivity index (χ0n) is 16.5. The average Bonchev–Trinajstić information content (AvgIpc) is 2.82. The Bertz CT molecular complexity index is 784. The number of nitrogens with one attached hydrogen (secondary N) is 1. The van der Waals surface area contributed by atoms with Gasteiger partial charge in [-0.25, -0.2) is 4.79 Å². The van der Waals surface area contributed by atoms with E-state index in [-0.39, 0.29) is 19.5 Å². The van der Waals surface area contributed by atoms with Crippen molar-refractivity contribution in [2.24, 2.45) is 5.41 Å². The molecule has 1 N–H and O–H groups in total. The van der Waals surface area contributed by atoms with Gasteiger partial charge in [-0.15, -0.1) is 0 Å². The second-order valence-corrected chi connectivity index (χ2v) is 7.97. The van der Waals surface area contributed by atoms with Gasteiger partial charge in [0, 0.05) is 12.2 Å². The second-order valence-electron chi connectivity index (χ2n) is 7.97. The van der Waals surface area contributed by atoms with Gasteiger partial charge in [0.15, 0.2) is 0 Å². The van der Waals surface area contributed by atoms with Crippen molar-refractivity contribution in [3.63, 3.8) is 0 Å². The number of carbonyl (C=O) groups excluding carboxylic acids is 3. The van der Waals surface area contributed by atoms with Crippen molar-refractivity contribution in [1.82, 2.24) is 10.2 Å². The summed E-state index contributed by atoms with van der Waals surface area (Å²) in [5.74, 6) is -0.796. The van der Waals surface area contributed by atoms with Gasteiger partial charge in [0.05, 0.1) is 12.5 Å². The summed E-state index contributed by atoms with van der Waals surface area (Å²) in [6, 6.07) is 6.51. The lowest BCUT2D eigenvalue weighted by Crippen LogP contribution is -2.45. The van der Waals surface area contributed by atoms with E-state index in [2.05, 4.69) is 5.32 Å². The van der Waals surface area contributed by atoms with Crippen molar-refractivity contribution in [3.05, 3.63) is 29.3 Å². The Kier molecular flexibility index (Phi) is 5.89. The summed E-state index contributed by atoms with van der Waals surface area (Å²) in [7, 11) is 0. The molecule has 1 fully saturated rings. The zero-order chi connectivity index (χ0) is 20.4. The predicted octanol–water partition coefficient (Wildman–Crippen LogP) is 2.52. The quantitative estimate of drug-likeness (QED) is 0.806. The minimum atomic E-state index is -0.661. The summed E-state index contributed by atoms with van der Waals surface area (Å²) in [5.41, 5.74) is 2.19. The third-order valence-corrected chi connectivity index (χ3v) is 4.45. The van der Waals surface area contributed by atoms with Crippen molar-refractivity contribution >= 4 is 23.5 Å². The standard InChI is InChI=1S/C20H26N4O3/c1-13-9-14(2)11-15(10-13)23(8-6-7-21)16(25)12-24-18(26)17(20(3,4)5)22-19(24)27/h9-11,17H,6,8,12H2,1-5H3,(H,22,27)/t17-/m1/s1. The van der Waals surface area contributed by atoms with Crippen molar-refractivity contribution in [1.29, 1.82) is 5.26 Å². The number of hydrogen-bond acceptors (Lipinski definition) is 4. The Hall–Kier alpha value is -2.88. The highest BCUT2D eigenvalue weighted by molar-refractivity contribution is 6.08. The van der Waals surface area contributed by atoms with Gasteiger partial charge in [-0.2, -0.15) is 5.26 Å². The molecule has 27 heavy (non-hydrogen) atoms. The fraction of sp³-hybridized carbons (Fsp3) is 0.500. The molecule has 0 radical (unpaired) electrons. The van der Waals surface area contributed by atoms with Crippen molar-refractivity contribution in [3.8, 4) is 6.07 Å². The number of nitrogens with zero attached hydrogens (tertiary/aromatic N) is 3. The Morgan fingerprint density at radius 2 is 1.81 bits per heavy atom. The normalized spacial score (nSPS) is 16.9. The van der Waals surface area contributed by atoms with Gasteiger partial charge in [0.2, 0.25) is 5.91 Å². The van der Waals surface area contributed by atoms with Gasteiger partial charge in [-0.1, -0.05) is 26.8 Å². The van der Waals surface area contributed by atoms with Crippen LogP contribution < -0.4 is 10.2 Å². The van der Waals surface area contributed by atoms with E-state index in [1.54, 1.807) is 0 Å². The van der Waals surface area contributed by atoms with Crippen molar-refractivity contribution < 1.29 is 14.4 Å². The van der Waals surface area contributed by atoms with Crippen LogP contribution in [0.25, 0.3) is 0 Å². The molecule has 0 unspecified atom stereocenters. The number of benzene rings is 1. The van der Waals surface area contributed by atoms with Crippen LogP contribution >= 0.6 is 0 Å². The van der Waals surface area contributed by atoms with E-state index < -0.39 is 29.3 Å². The topological polar surface area (TPSA) is 93.5 Å². The molecule has 0 aromatic heterocycles. The summed E-state index contributed by atoms with van der Waals surface area (Å²) < 4.78 is 0. The smallest absolute Gasteiger partial charge is 0.325 e. The molecule has 4 amide bonds. The second kappa shape index (κ2) is 7.78. The number of aryl methyl sites for hydroxylation is 2. The summed E-state index contributed by atoms with van der Waals surface area (Å²) >= 11 is 0. The Labute approximate surface area is 159 Å². The Balaban J connectivity index is 2.25. The third kappa shape index (κ3) is 4.64. The van der Waals surface area contributed by atoms with E-state index in [0.29, 0.717) is 5.69 Å². The summed E-state index contributed by atoms with van der Waals surface area (Å²) in [4.78, 5) is 40.2. The van der Waals surface area contributed by atoms with Crippen LogP contribution in [0.5, 0.6) is 0 Å². The lowest BCUT2D eigenvalue weighted by atomic mass is 9.87. The number of imide groups is 1. The number of anilines is 1. The number of carbonyl (C=O) groups is 3. The maximum Gasteiger partial charge on any atom is 0.325 e. The molecule has 1 aliphatic heterocycles. The largest absolute Gasteiger partial charge is 0.325 e. The van der Waals surface area contributed by atoms with Crippen LogP contribution in [-0.4, -0.2) is 41.9 Å². The van der Waals surface area contributed by atoms with Crippen LogP contribution in [-0.2, 0) is 9.59 Å². The van der Waals surface area contributed by atoms with Crippen LogP contribution in [0.4, 0.5) is 10.5 Å². The van der Waals surface area contributed by atoms with Crippen LogP contribution in [0, 0.1) is 30.6 Å². The van der Waals surface area contributed by atoms with E-state index in [4.69, 9.17) is 5.26 Å².